The highest BCUT2D eigenvalue weighted by Gasteiger charge is 2.06. The van der Waals surface area contributed by atoms with Gasteiger partial charge in [-0.15, -0.1) is 0 Å². The molecule has 0 saturated heterocycles. The van der Waals surface area contributed by atoms with E-state index in [0.29, 0.717) is 12.4 Å². The van der Waals surface area contributed by atoms with E-state index in [9.17, 15) is 0 Å². The summed E-state index contributed by atoms with van der Waals surface area (Å²) >= 11 is 0. The molecule has 0 radical (unpaired) electrons. The van der Waals surface area contributed by atoms with Crippen molar-refractivity contribution in [3.8, 4) is 11.5 Å². The average molecular weight is 329 g/mol. The highest BCUT2D eigenvalue weighted by molar-refractivity contribution is 5.79. The van der Waals surface area contributed by atoms with Gasteiger partial charge in [-0.05, 0) is 46.1 Å². The molecule has 1 aromatic carbocycles. The molecule has 0 atom stereocenters. The number of benzene rings is 1. The molecule has 0 saturated carbocycles. The third-order valence-corrected chi connectivity index (χ3v) is 3.39. The smallest absolute Gasteiger partial charge is 0.226 e. The van der Waals surface area contributed by atoms with Gasteiger partial charge in [0, 0.05) is 18.7 Å². The van der Waals surface area contributed by atoms with Crippen molar-refractivity contribution in [3.05, 3.63) is 42.3 Å². The van der Waals surface area contributed by atoms with E-state index < -0.39 is 0 Å². The monoisotopic (exact) mass is 329 g/mol. The molecule has 0 unspecified atom stereocenters. The molecule has 0 aliphatic carbocycles. The van der Waals surface area contributed by atoms with Gasteiger partial charge >= 0.3 is 0 Å². The van der Waals surface area contributed by atoms with Crippen molar-refractivity contribution in [1.29, 1.82) is 0 Å². The van der Waals surface area contributed by atoms with E-state index in [1.165, 1.54) is 0 Å². The second-order valence-corrected chi connectivity index (χ2v) is 5.79. The van der Waals surface area contributed by atoms with Gasteiger partial charge < -0.3 is 20.0 Å². The molecule has 2 aromatic rings. The number of guanidine groups is 1. The van der Waals surface area contributed by atoms with Crippen molar-refractivity contribution in [2.24, 2.45) is 4.99 Å². The first kappa shape index (κ1) is 18.0. The van der Waals surface area contributed by atoms with E-state index in [1.54, 1.807) is 6.26 Å². The normalized spacial score (nSPS) is 11.8. The lowest BCUT2D eigenvalue weighted by Crippen LogP contribution is -2.38. The van der Waals surface area contributed by atoms with Gasteiger partial charge in [-0.1, -0.05) is 18.2 Å². The second-order valence-electron chi connectivity index (χ2n) is 5.79. The van der Waals surface area contributed by atoms with E-state index in [0.717, 1.165) is 43.3 Å². The zero-order valence-electron chi connectivity index (χ0n) is 14.7. The minimum Gasteiger partial charge on any atom is -0.444 e. The fraction of sp³-hybridized carbons (Fsp3) is 0.444. The van der Waals surface area contributed by atoms with Gasteiger partial charge in [-0.25, -0.2) is 9.98 Å². The third kappa shape index (κ3) is 6.04. The van der Waals surface area contributed by atoms with E-state index in [4.69, 9.17) is 4.42 Å². The molecular formula is C18H27N5O. The molecule has 2 N–H and O–H groups in total. The third-order valence-electron chi connectivity index (χ3n) is 3.39. The van der Waals surface area contributed by atoms with Crippen LogP contribution in [0.5, 0.6) is 0 Å². The Morgan fingerprint density at radius 3 is 2.71 bits per heavy atom. The van der Waals surface area contributed by atoms with Crippen LogP contribution < -0.4 is 10.6 Å². The SMILES string of the molecule is CCNC(=NCc1coc(-c2ccccc2)n1)NCCCN(C)C. The number of rotatable bonds is 8. The van der Waals surface area contributed by atoms with Gasteiger partial charge in [0.05, 0.1) is 6.54 Å². The maximum Gasteiger partial charge on any atom is 0.226 e. The van der Waals surface area contributed by atoms with Crippen LogP contribution in [0, 0.1) is 0 Å². The fourth-order valence-corrected chi connectivity index (χ4v) is 2.20. The molecule has 2 rings (SSSR count). The van der Waals surface area contributed by atoms with Crippen LogP contribution in [-0.2, 0) is 6.54 Å². The predicted octanol–water partition coefficient (Wildman–Crippen LogP) is 2.35. The zero-order valence-corrected chi connectivity index (χ0v) is 14.7. The molecule has 0 amide bonds. The molecular weight excluding hydrogens is 302 g/mol. The minimum atomic E-state index is 0.485. The number of aromatic nitrogens is 1. The van der Waals surface area contributed by atoms with E-state index >= 15 is 0 Å². The summed E-state index contributed by atoms with van der Waals surface area (Å²) in [5, 5.41) is 6.58. The Morgan fingerprint density at radius 2 is 2.00 bits per heavy atom. The molecule has 24 heavy (non-hydrogen) atoms. The molecule has 0 spiro atoms. The number of nitrogens with zero attached hydrogens (tertiary/aromatic N) is 3. The summed E-state index contributed by atoms with van der Waals surface area (Å²) in [7, 11) is 4.16. The van der Waals surface area contributed by atoms with Crippen LogP contribution in [0.1, 0.15) is 19.0 Å². The van der Waals surface area contributed by atoms with Crippen molar-refractivity contribution in [1.82, 2.24) is 20.5 Å². The van der Waals surface area contributed by atoms with Crippen molar-refractivity contribution in [2.45, 2.75) is 19.9 Å². The maximum absolute atomic E-state index is 5.54. The molecule has 0 aliphatic rings. The molecule has 6 nitrogen and oxygen atoms in total. The van der Waals surface area contributed by atoms with Crippen LogP contribution in [0.15, 0.2) is 46.0 Å². The van der Waals surface area contributed by atoms with Gasteiger partial charge in [0.2, 0.25) is 5.89 Å². The number of hydrogen-bond acceptors (Lipinski definition) is 4. The van der Waals surface area contributed by atoms with E-state index in [1.807, 2.05) is 30.3 Å². The summed E-state index contributed by atoms with van der Waals surface area (Å²) < 4.78 is 5.54. The Balaban J connectivity index is 1.90. The summed E-state index contributed by atoms with van der Waals surface area (Å²) in [5.41, 5.74) is 1.79. The first-order valence-electron chi connectivity index (χ1n) is 8.35. The van der Waals surface area contributed by atoms with Gasteiger partial charge in [0.15, 0.2) is 5.96 Å². The molecule has 0 aliphatic heterocycles. The molecule has 1 heterocycles. The standard InChI is InChI=1S/C18H27N5O/c1-4-19-18(20-11-8-12-23(2)3)21-13-16-14-24-17(22-16)15-9-6-5-7-10-15/h5-7,9-10,14H,4,8,11-13H2,1-3H3,(H2,19,20,21). The number of oxazole rings is 1. The van der Waals surface area contributed by atoms with Crippen LogP contribution in [0.2, 0.25) is 0 Å². The molecule has 6 heteroatoms. The topological polar surface area (TPSA) is 65.7 Å². The average Bonchev–Trinajstić information content (AvgIpc) is 3.06. The van der Waals surface area contributed by atoms with Crippen LogP contribution in [0.25, 0.3) is 11.5 Å². The fourth-order valence-electron chi connectivity index (χ4n) is 2.20. The molecule has 1 aromatic heterocycles. The Kier molecular flexibility index (Phi) is 7.29. The van der Waals surface area contributed by atoms with Crippen molar-refractivity contribution in [2.75, 3.05) is 33.7 Å². The van der Waals surface area contributed by atoms with Crippen LogP contribution in [0.4, 0.5) is 0 Å². The number of nitrogens with one attached hydrogen (secondary N) is 2. The number of aliphatic imine (C=N–C) groups is 1. The Morgan fingerprint density at radius 1 is 1.21 bits per heavy atom. The van der Waals surface area contributed by atoms with Crippen LogP contribution in [-0.4, -0.2) is 49.6 Å². The van der Waals surface area contributed by atoms with E-state index in [2.05, 4.69) is 46.5 Å². The minimum absolute atomic E-state index is 0.485. The lowest BCUT2D eigenvalue weighted by molar-refractivity contribution is 0.399. The van der Waals surface area contributed by atoms with Crippen molar-refractivity contribution in [3.63, 3.8) is 0 Å². The van der Waals surface area contributed by atoms with Gasteiger partial charge in [-0.3, -0.25) is 0 Å². The Bertz CT molecular complexity index is 621. The first-order valence-corrected chi connectivity index (χ1v) is 8.35. The van der Waals surface area contributed by atoms with E-state index in [-0.39, 0.29) is 0 Å². The molecule has 0 bridgehead atoms. The predicted molar refractivity (Wildman–Crippen MR) is 97.9 cm³/mol. The highest BCUT2D eigenvalue weighted by atomic mass is 16.3. The highest BCUT2D eigenvalue weighted by Crippen LogP contribution is 2.18. The summed E-state index contributed by atoms with van der Waals surface area (Å²) in [4.78, 5) is 11.2. The summed E-state index contributed by atoms with van der Waals surface area (Å²) in [6, 6.07) is 9.88. The van der Waals surface area contributed by atoms with Gasteiger partial charge in [-0.2, -0.15) is 0 Å². The van der Waals surface area contributed by atoms with Crippen LogP contribution in [0.3, 0.4) is 0 Å². The molecule has 130 valence electrons. The first-order chi connectivity index (χ1) is 11.7. The zero-order chi connectivity index (χ0) is 17.2. The lowest BCUT2D eigenvalue weighted by Gasteiger charge is -2.13. The summed E-state index contributed by atoms with van der Waals surface area (Å²) in [5.74, 6) is 1.44. The Hall–Kier alpha value is -2.34. The molecule has 0 fully saturated rings. The lowest BCUT2D eigenvalue weighted by atomic mass is 10.2. The Labute approximate surface area is 144 Å². The second kappa shape index (κ2) is 9.72. The van der Waals surface area contributed by atoms with Gasteiger partial charge in [0.25, 0.3) is 0 Å². The summed E-state index contributed by atoms with van der Waals surface area (Å²) in [6.45, 7) is 5.31. The summed E-state index contributed by atoms with van der Waals surface area (Å²) in [6.07, 6.45) is 2.74. The quantitative estimate of drug-likeness (QED) is 0.442. The maximum atomic E-state index is 5.54. The largest absolute Gasteiger partial charge is 0.444 e. The van der Waals surface area contributed by atoms with Crippen molar-refractivity contribution >= 4 is 5.96 Å². The van der Waals surface area contributed by atoms with Crippen LogP contribution >= 0.6 is 0 Å². The van der Waals surface area contributed by atoms with Gasteiger partial charge in [0.1, 0.15) is 12.0 Å². The van der Waals surface area contributed by atoms with Crippen molar-refractivity contribution < 1.29 is 4.42 Å². The number of hydrogen-bond donors (Lipinski definition) is 2.